The number of nitrogens with two attached hydrogens (primary N) is 1. The Hall–Kier alpha value is -0.320. The number of halogens is 2. The minimum absolute atomic E-state index is 0.319. The molecule has 2 atom stereocenters. The van der Waals surface area contributed by atoms with Crippen LogP contribution in [0.5, 0.6) is 0 Å². The molecule has 0 bridgehead atoms. The Balaban J connectivity index is 2.07. The summed E-state index contributed by atoms with van der Waals surface area (Å²) in [4.78, 5) is 2.37. The zero-order valence-corrected chi connectivity index (χ0v) is 12.6. The number of hydrogen-bond acceptors (Lipinski definition) is 3. The van der Waals surface area contributed by atoms with Crippen molar-refractivity contribution >= 4 is 23.2 Å². The van der Waals surface area contributed by atoms with E-state index in [1.54, 1.807) is 7.11 Å². The number of rotatable bonds is 4. The summed E-state index contributed by atoms with van der Waals surface area (Å²) in [5, 5.41) is 1.25. The van der Waals surface area contributed by atoms with Crippen molar-refractivity contribution in [3.63, 3.8) is 0 Å². The summed E-state index contributed by atoms with van der Waals surface area (Å²) in [7, 11) is 1.77. The third-order valence-electron chi connectivity index (χ3n) is 3.80. The van der Waals surface area contributed by atoms with E-state index >= 15 is 0 Å². The summed E-state index contributed by atoms with van der Waals surface area (Å²) in [5.74, 6) is 0. The predicted octanol–water partition coefficient (Wildman–Crippen LogP) is 2.93. The van der Waals surface area contributed by atoms with E-state index < -0.39 is 0 Å². The van der Waals surface area contributed by atoms with Crippen LogP contribution in [0.3, 0.4) is 0 Å². The molecule has 1 aromatic carbocycles. The van der Waals surface area contributed by atoms with E-state index in [1.807, 2.05) is 18.2 Å². The van der Waals surface area contributed by atoms with Gasteiger partial charge in [0, 0.05) is 32.8 Å². The average molecular weight is 303 g/mol. The lowest BCUT2D eigenvalue weighted by Gasteiger charge is -2.38. The molecule has 0 radical (unpaired) electrons. The quantitative estimate of drug-likeness (QED) is 0.929. The SMILES string of the molecule is COC1CCN(Cc2cccc(Cl)c2Cl)C(CN)C1. The monoisotopic (exact) mass is 302 g/mol. The first kappa shape index (κ1) is 15.1. The van der Waals surface area contributed by atoms with Crippen LogP contribution in [0.4, 0.5) is 0 Å². The van der Waals surface area contributed by atoms with Gasteiger partial charge in [-0.15, -0.1) is 0 Å². The molecule has 0 spiro atoms. The maximum Gasteiger partial charge on any atom is 0.0637 e. The Labute approximate surface area is 124 Å². The summed E-state index contributed by atoms with van der Waals surface area (Å²) < 4.78 is 5.44. The Morgan fingerprint density at radius 3 is 2.89 bits per heavy atom. The smallest absolute Gasteiger partial charge is 0.0637 e. The molecule has 1 heterocycles. The van der Waals surface area contributed by atoms with E-state index in [2.05, 4.69) is 4.90 Å². The number of piperidine rings is 1. The molecule has 5 heteroatoms. The molecule has 0 saturated carbocycles. The topological polar surface area (TPSA) is 38.5 Å². The van der Waals surface area contributed by atoms with Gasteiger partial charge in [0.25, 0.3) is 0 Å². The molecule has 106 valence electrons. The largest absolute Gasteiger partial charge is 0.381 e. The summed E-state index contributed by atoms with van der Waals surface area (Å²) in [6.45, 7) is 2.40. The summed E-state index contributed by atoms with van der Waals surface area (Å²) in [6, 6.07) is 6.10. The zero-order chi connectivity index (χ0) is 13.8. The highest BCUT2D eigenvalue weighted by molar-refractivity contribution is 6.42. The van der Waals surface area contributed by atoms with Crippen molar-refractivity contribution in [2.24, 2.45) is 5.73 Å². The maximum absolute atomic E-state index is 6.24. The molecule has 1 aromatic rings. The number of hydrogen-bond donors (Lipinski definition) is 1. The van der Waals surface area contributed by atoms with Crippen LogP contribution in [0.25, 0.3) is 0 Å². The van der Waals surface area contributed by atoms with E-state index in [1.165, 1.54) is 0 Å². The van der Waals surface area contributed by atoms with Gasteiger partial charge in [0.2, 0.25) is 0 Å². The Morgan fingerprint density at radius 2 is 2.21 bits per heavy atom. The minimum atomic E-state index is 0.319. The number of ether oxygens (including phenoxy) is 1. The molecule has 1 fully saturated rings. The van der Waals surface area contributed by atoms with Crippen LogP contribution < -0.4 is 5.73 Å². The maximum atomic E-state index is 6.24. The van der Waals surface area contributed by atoms with Gasteiger partial charge in [-0.25, -0.2) is 0 Å². The molecule has 0 aromatic heterocycles. The molecular formula is C14H20Cl2N2O. The fourth-order valence-corrected chi connectivity index (χ4v) is 3.00. The first-order valence-electron chi connectivity index (χ1n) is 6.55. The van der Waals surface area contributed by atoms with E-state index in [0.717, 1.165) is 31.5 Å². The molecule has 2 rings (SSSR count). The molecule has 1 saturated heterocycles. The first-order chi connectivity index (χ1) is 9.15. The lowest BCUT2D eigenvalue weighted by atomic mass is 9.98. The standard InChI is InChI=1S/C14H20Cl2N2O/c1-19-12-5-6-18(11(7-12)8-17)9-10-3-2-4-13(15)14(10)16/h2-4,11-12H,5-9,17H2,1H3. The van der Waals surface area contributed by atoms with Gasteiger partial charge in [-0.1, -0.05) is 35.3 Å². The lowest BCUT2D eigenvalue weighted by molar-refractivity contribution is 0.0102. The molecule has 0 aliphatic carbocycles. The number of nitrogens with zero attached hydrogens (tertiary/aromatic N) is 1. The fraction of sp³-hybridized carbons (Fsp3) is 0.571. The van der Waals surface area contributed by atoms with E-state index in [-0.39, 0.29) is 0 Å². The van der Waals surface area contributed by atoms with Crippen molar-refractivity contribution in [1.82, 2.24) is 4.90 Å². The second kappa shape index (κ2) is 6.91. The molecule has 19 heavy (non-hydrogen) atoms. The van der Waals surface area contributed by atoms with Gasteiger partial charge in [-0.3, -0.25) is 4.90 Å². The summed E-state index contributed by atoms with van der Waals surface area (Å²) in [6.07, 6.45) is 2.33. The zero-order valence-electron chi connectivity index (χ0n) is 11.1. The van der Waals surface area contributed by atoms with Crippen molar-refractivity contribution in [2.45, 2.75) is 31.5 Å². The van der Waals surface area contributed by atoms with E-state index in [0.29, 0.717) is 28.7 Å². The molecule has 0 amide bonds. The van der Waals surface area contributed by atoms with Crippen LogP contribution >= 0.6 is 23.2 Å². The van der Waals surface area contributed by atoms with Gasteiger partial charge in [0.1, 0.15) is 0 Å². The Bertz CT molecular complexity index is 428. The van der Waals surface area contributed by atoms with Crippen molar-refractivity contribution in [3.8, 4) is 0 Å². The Kier molecular flexibility index (Phi) is 5.48. The lowest BCUT2D eigenvalue weighted by Crippen LogP contribution is -2.48. The van der Waals surface area contributed by atoms with Crippen LogP contribution in [0.2, 0.25) is 10.0 Å². The highest BCUT2D eigenvalue weighted by Crippen LogP contribution is 2.28. The van der Waals surface area contributed by atoms with Crippen LogP contribution in [0.1, 0.15) is 18.4 Å². The number of likely N-dealkylation sites (tertiary alicyclic amines) is 1. The van der Waals surface area contributed by atoms with Gasteiger partial charge >= 0.3 is 0 Å². The van der Waals surface area contributed by atoms with Crippen molar-refractivity contribution < 1.29 is 4.74 Å². The normalized spacial score (nSPS) is 24.6. The molecule has 2 unspecified atom stereocenters. The summed E-state index contributed by atoms with van der Waals surface area (Å²) in [5.41, 5.74) is 6.93. The summed E-state index contributed by atoms with van der Waals surface area (Å²) >= 11 is 12.3. The number of methoxy groups -OCH3 is 1. The van der Waals surface area contributed by atoms with Gasteiger partial charge in [0.15, 0.2) is 0 Å². The number of benzene rings is 1. The van der Waals surface area contributed by atoms with Gasteiger partial charge in [0.05, 0.1) is 16.1 Å². The second-order valence-electron chi connectivity index (χ2n) is 4.96. The molecule has 1 aliphatic heterocycles. The third kappa shape index (κ3) is 3.61. The molecule has 1 aliphatic rings. The third-order valence-corrected chi connectivity index (χ3v) is 4.66. The van der Waals surface area contributed by atoms with Crippen molar-refractivity contribution in [3.05, 3.63) is 33.8 Å². The first-order valence-corrected chi connectivity index (χ1v) is 7.31. The van der Waals surface area contributed by atoms with Crippen molar-refractivity contribution in [2.75, 3.05) is 20.2 Å². The van der Waals surface area contributed by atoms with Gasteiger partial charge in [-0.05, 0) is 24.5 Å². The van der Waals surface area contributed by atoms with Crippen LogP contribution in [-0.4, -0.2) is 37.2 Å². The minimum Gasteiger partial charge on any atom is -0.381 e. The van der Waals surface area contributed by atoms with E-state index in [4.69, 9.17) is 33.7 Å². The molecular weight excluding hydrogens is 283 g/mol. The fourth-order valence-electron chi connectivity index (χ4n) is 2.62. The highest BCUT2D eigenvalue weighted by atomic mass is 35.5. The highest BCUT2D eigenvalue weighted by Gasteiger charge is 2.27. The van der Waals surface area contributed by atoms with Crippen LogP contribution in [0.15, 0.2) is 18.2 Å². The Morgan fingerprint density at radius 1 is 1.42 bits per heavy atom. The average Bonchev–Trinajstić information content (AvgIpc) is 2.44. The van der Waals surface area contributed by atoms with Gasteiger partial charge < -0.3 is 10.5 Å². The van der Waals surface area contributed by atoms with Crippen molar-refractivity contribution in [1.29, 1.82) is 0 Å². The van der Waals surface area contributed by atoms with Gasteiger partial charge in [-0.2, -0.15) is 0 Å². The van der Waals surface area contributed by atoms with Crippen LogP contribution in [-0.2, 0) is 11.3 Å². The van der Waals surface area contributed by atoms with E-state index in [9.17, 15) is 0 Å². The second-order valence-corrected chi connectivity index (χ2v) is 5.74. The molecule has 3 nitrogen and oxygen atoms in total. The molecule has 2 N–H and O–H groups in total. The predicted molar refractivity (Wildman–Crippen MR) is 79.7 cm³/mol. The van der Waals surface area contributed by atoms with Crippen LogP contribution in [0, 0.1) is 0 Å².